The molecule has 28 heavy (non-hydrogen) atoms. The van der Waals surface area contributed by atoms with Gasteiger partial charge in [0.05, 0.1) is 0 Å². The van der Waals surface area contributed by atoms with Crippen molar-refractivity contribution in [3.63, 3.8) is 0 Å². The topological polar surface area (TPSA) is 12.0 Å². The highest BCUT2D eigenvalue weighted by Crippen LogP contribution is 2.52. The monoisotopic (exact) mass is 371 g/mol. The van der Waals surface area contributed by atoms with Gasteiger partial charge in [-0.25, -0.2) is 0 Å². The molecule has 0 fully saturated rings. The van der Waals surface area contributed by atoms with Crippen LogP contribution >= 0.6 is 0 Å². The predicted octanol–water partition coefficient (Wildman–Crippen LogP) is 7.60. The number of hydrogen-bond acceptors (Lipinski definition) is 1. The first kappa shape index (κ1) is 19.1. The van der Waals surface area contributed by atoms with Crippen LogP contribution in [0, 0.1) is 0 Å². The van der Waals surface area contributed by atoms with Crippen molar-refractivity contribution in [2.24, 2.45) is 0 Å². The number of allylic oxidation sites excluding steroid dienone is 4. The molecule has 0 saturated heterocycles. The summed E-state index contributed by atoms with van der Waals surface area (Å²) in [5, 5.41) is 3.86. The third kappa shape index (κ3) is 3.02. The molecule has 0 radical (unpaired) electrons. The molecule has 1 aliphatic carbocycles. The zero-order valence-electron chi connectivity index (χ0n) is 17.8. The molecule has 1 N–H and O–H groups in total. The Morgan fingerprint density at radius 1 is 0.857 bits per heavy atom. The maximum Gasteiger partial charge on any atom is 0.0437 e. The highest BCUT2D eigenvalue weighted by Gasteiger charge is 2.50. The maximum atomic E-state index is 3.86. The normalized spacial score (nSPS) is 26.3. The van der Waals surface area contributed by atoms with Gasteiger partial charge in [-0.15, -0.1) is 0 Å². The van der Waals surface area contributed by atoms with Gasteiger partial charge in [0, 0.05) is 16.6 Å². The Kier molecular flexibility index (Phi) is 4.95. The molecule has 0 saturated carbocycles. The quantitative estimate of drug-likeness (QED) is 0.570. The third-order valence-corrected chi connectivity index (χ3v) is 7.36. The first-order chi connectivity index (χ1) is 13.5. The number of nitrogens with one attached hydrogen (secondary N) is 1. The number of hydrogen-bond donors (Lipinski definition) is 1. The molecule has 0 bridgehead atoms. The zero-order chi connectivity index (χ0) is 19.8. The van der Waals surface area contributed by atoms with E-state index in [1.807, 2.05) is 0 Å². The highest BCUT2D eigenvalue weighted by molar-refractivity contribution is 5.80. The Balaban J connectivity index is 1.69. The van der Waals surface area contributed by atoms with Crippen molar-refractivity contribution in [2.45, 2.75) is 70.8 Å². The van der Waals surface area contributed by atoms with Crippen molar-refractivity contribution in [3.8, 4) is 0 Å². The minimum atomic E-state index is 0.130. The van der Waals surface area contributed by atoms with E-state index < -0.39 is 0 Å². The van der Waals surface area contributed by atoms with E-state index in [2.05, 4.69) is 93.7 Å². The van der Waals surface area contributed by atoms with Crippen LogP contribution in [-0.2, 0) is 5.41 Å². The van der Waals surface area contributed by atoms with E-state index >= 15 is 0 Å². The average Bonchev–Trinajstić information content (AvgIpc) is 2.96. The van der Waals surface area contributed by atoms with Gasteiger partial charge in [0.2, 0.25) is 0 Å². The summed E-state index contributed by atoms with van der Waals surface area (Å²) >= 11 is 0. The Morgan fingerprint density at radius 3 is 2.14 bits per heavy atom. The van der Waals surface area contributed by atoms with Gasteiger partial charge in [0.25, 0.3) is 0 Å². The van der Waals surface area contributed by atoms with E-state index in [1.165, 1.54) is 46.4 Å². The van der Waals surface area contributed by atoms with Crippen LogP contribution in [0.1, 0.15) is 76.5 Å². The van der Waals surface area contributed by atoms with Gasteiger partial charge >= 0.3 is 0 Å². The van der Waals surface area contributed by atoms with E-state index in [9.17, 15) is 0 Å². The van der Waals surface area contributed by atoms with Crippen LogP contribution in [0.3, 0.4) is 0 Å². The van der Waals surface area contributed by atoms with E-state index in [0.717, 1.165) is 19.3 Å². The zero-order valence-corrected chi connectivity index (χ0v) is 17.8. The molecule has 2 aliphatic rings. The van der Waals surface area contributed by atoms with E-state index in [1.54, 1.807) is 0 Å². The van der Waals surface area contributed by atoms with Gasteiger partial charge < -0.3 is 5.32 Å². The maximum absolute atomic E-state index is 3.86. The molecule has 1 aliphatic heterocycles. The molecule has 2 aromatic carbocycles. The molecular weight excluding hydrogens is 338 g/mol. The summed E-state index contributed by atoms with van der Waals surface area (Å²) in [6.07, 6.45) is 10.5. The average molecular weight is 372 g/mol. The molecule has 2 aromatic rings. The van der Waals surface area contributed by atoms with Crippen molar-refractivity contribution < 1.29 is 0 Å². The fourth-order valence-electron chi connectivity index (χ4n) is 5.20. The summed E-state index contributed by atoms with van der Waals surface area (Å²) in [4.78, 5) is 0. The van der Waals surface area contributed by atoms with Crippen molar-refractivity contribution >= 4 is 16.8 Å². The number of anilines is 1. The lowest BCUT2D eigenvalue weighted by atomic mass is 9.66. The molecule has 1 heterocycles. The SMILES string of the molecule is CCCC1(C)c2cc(C3=CC=C(c4ccccc4)CC3)ccc2NC1(C)CC. The van der Waals surface area contributed by atoms with Crippen LogP contribution in [0.5, 0.6) is 0 Å². The number of rotatable bonds is 5. The first-order valence-electron chi connectivity index (χ1n) is 10.9. The van der Waals surface area contributed by atoms with Gasteiger partial charge in [0.15, 0.2) is 0 Å². The Labute approximate surface area is 170 Å². The molecule has 2 atom stereocenters. The van der Waals surface area contributed by atoms with E-state index in [0.29, 0.717) is 0 Å². The van der Waals surface area contributed by atoms with Gasteiger partial charge in [-0.05, 0) is 72.6 Å². The molecular formula is C27H33N. The molecule has 0 aromatic heterocycles. The van der Waals surface area contributed by atoms with Crippen LogP contribution in [-0.4, -0.2) is 5.54 Å². The van der Waals surface area contributed by atoms with Gasteiger partial charge in [0.1, 0.15) is 0 Å². The summed E-state index contributed by atoms with van der Waals surface area (Å²) in [5.74, 6) is 0. The largest absolute Gasteiger partial charge is 0.379 e. The minimum absolute atomic E-state index is 0.130. The molecule has 146 valence electrons. The van der Waals surface area contributed by atoms with Crippen molar-refractivity contribution in [1.82, 2.24) is 0 Å². The summed E-state index contributed by atoms with van der Waals surface area (Å²) in [6.45, 7) is 9.48. The van der Waals surface area contributed by atoms with Gasteiger partial charge in [-0.1, -0.05) is 75.7 Å². The summed E-state index contributed by atoms with van der Waals surface area (Å²) < 4.78 is 0. The minimum Gasteiger partial charge on any atom is -0.379 e. The van der Waals surface area contributed by atoms with E-state index in [4.69, 9.17) is 0 Å². The number of fused-ring (bicyclic) bond motifs is 1. The second-order valence-electron chi connectivity index (χ2n) is 8.90. The molecule has 4 rings (SSSR count). The summed E-state index contributed by atoms with van der Waals surface area (Å²) in [7, 11) is 0. The van der Waals surface area contributed by atoms with Crippen LogP contribution in [0.25, 0.3) is 11.1 Å². The Morgan fingerprint density at radius 2 is 1.54 bits per heavy atom. The Bertz CT molecular complexity index is 921. The predicted molar refractivity (Wildman–Crippen MR) is 123 cm³/mol. The van der Waals surface area contributed by atoms with Gasteiger partial charge in [-0.3, -0.25) is 0 Å². The van der Waals surface area contributed by atoms with E-state index in [-0.39, 0.29) is 11.0 Å². The van der Waals surface area contributed by atoms with Crippen molar-refractivity contribution in [3.05, 3.63) is 77.4 Å². The van der Waals surface area contributed by atoms with Crippen molar-refractivity contribution in [2.75, 3.05) is 5.32 Å². The molecule has 0 amide bonds. The lowest BCUT2D eigenvalue weighted by Crippen LogP contribution is -2.47. The highest BCUT2D eigenvalue weighted by atomic mass is 15.0. The fourth-order valence-corrected chi connectivity index (χ4v) is 5.20. The molecule has 0 spiro atoms. The van der Waals surface area contributed by atoms with Crippen LogP contribution in [0.4, 0.5) is 5.69 Å². The standard InChI is InChI=1S/C27H33N/c1-5-18-26(3)24-19-23(16-17-25(24)28-27(26,4)6-2)22-14-12-21(13-15-22)20-10-8-7-9-11-20/h7-12,14,16-17,19,28H,5-6,13,15,18H2,1-4H3. The number of benzene rings is 2. The summed E-state index contributed by atoms with van der Waals surface area (Å²) in [5.41, 5.74) is 8.81. The molecule has 1 heteroatoms. The van der Waals surface area contributed by atoms with Crippen molar-refractivity contribution in [1.29, 1.82) is 0 Å². The Hall–Kier alpha value is -2.28. The smallest absolute Gasteiger partial charge is 0.0437 e. The summed E-state index contributed by atoms with van der Waals surface area (Å²) in [6, 6.07) is 17.9. The van der Waals surface area contributed by atoms with Crippen LogP contribution in [0.15, 0.2) is 60.7 Å². The van der Waals surface area contributed by atoms with Crippen LogP contribution in [0.2, 0.25) is 0 Å². The fraction of sp³-hybridized carbons (Fsp3) is 0.407. The lowest BCUT2D eigenvalue weighted by Gasteiger charge is -2.41. The molecule has 2 unspecified atom stereocenters. The second-order valence-corrected chi connectivity index (χ2v) is 8.90. The lowest BCUT2D eigenvalue weighted by molar-refractivity contribution is 0.273. The first-order valence-corrected chi connectivity index (χ1v) is 10.9. The van der Waals surface area contributed by atoms with Crippen LogP contribution < -0.4 is 5.32 Å². The second kappa shape index (κ2) is 7.28. The van der Waals surface area contributed by atoms with Gasteiger partial charge in [-0.2, -0.15) is 0 Å². The third-order valence-electron chi connectivity index (χ3n) is 7.36. The molecule has 1 nitrogen and oxygen atoms in total.